The number of piperidine rings is 1. The van der Waals surface area contributed by atoms with E-state index in [9.17, 15) is 8.42 Å². The molecule has 1 aromatic carbocycles. The second-order valence-electron chi connectivity index (χ2n) is 4.85. The number of nitrogens with zero attached hydrogens (tertiary/aromatic N) is 1. The molecule has 0 bridgehead atoms. The van der Waals surface area contributed by atoms with Crippen molar-refractivity contribution in [2.24, 2.45) is 0 Å². The molecule has 1 unspecified atom stereocenters. The fraction of sp³-hybridized carbons (Fsp3) is 0.538. The average Bonchev–Trinajstić information content (AvgIpc) is 2.42. The van der Waals surface area contributed by atoms with E-state index < -0.39 is 10.0 Å². The van der Waals surface area contributed by atoms with Crippen LogP contribution in [0.5, 0.6) is 0 Å². The Hall–Kier alpha value is -0.330. The van der Waals surface area contributed by atoms with Gasteiger partial charge >= 0.3 is 0 Å². The van der Waals surface area contributed by atoms with Crippen LogP contribution in [0.15, 0.2) is 23.1 Å². The smallest absolute Gasteiger partial charge is 0.243 e. The van der Waals surface area contributed by atoms with Gasteiger partial charge in [0.05, 0.1) is 14.9 Å². The number of hydrogen-bond donors (Lipinski definition) is 1. The summed E-state index contributed by atoms with van der Waals surface area (Å²) in [6, 6.07) is 4.19. The highest BCUT2D eigenvalue weighted by atomic mass is 35.5. The summed E-state index contributed by atoms with van der Waals surface area (Å²) in [5, 5.41) is 9.65. The number of benzene rings is 1. The summed E-state index contributed by atoms with van der Waals surface area (Å²) in [5.41, 5.74) is 0. The second kappa shape index (κ2) is 6.62. The first-order valence-corrected chi connectivity index (χ1v) is 8.74. The maximum Gasteiger partial charge on any atom is 0.243 e. The van der Waals surface area contributed by atoms with Gasteiger partial charge in [-0.25, -0.2) is 8.42 Å². The molecule has 0 aliphatic carbocycles. The first kappa shape index (κ1) is 16.0. The Bertz CT molecular complexity index is 575. The molecule has 0 radical (unpaired) electrons. The summed E-state index contributed by atoms with van der Waals surface area (Å²) >= 11 is 11.7. The lowest BCUT2D eigenvalue weighted by Gasteiger charge is -2.34. The summed E-state index contributed by atoms with van der Waals surface area (Å²) in [6.07, 6.45) is 3.06. The largest absolute Gasteiger partial charge is 0.396 e. The Morgan fingerprint density at radius 1 is 1.25 bits per heavy atom. The second-order valence-corrected chi connectivity index (χ2v) is 7.56. The van der Waals surface area contributed by atoms with Crippen LogP contribution < -0.4 is 0 Å². The number of rotatable bonds is 4. The lowest BCUT2D eigenvalue weighted by Crippen LogP contribution is -2.44. The van der Waals surface area contributed by atoms with Gasteiger partial charge in [0, 0.05) is 19.2 Å². The standard InChI is InChI=1S/C13H17Cl2NO3S/c14-12-5-4-11(9-13(12)15)20(18,19)16-7-2-1-3-10(16)6-8-17/h4-5,9-10,17H,1-3,6-8H2. The fourth-order valence-electron chi connectivity index (χ4n) is 2.50. The van der Waals surface area contributed by atoms with Crippen LogP contribution in [0.2, 0.25) is 10.0 Å². The van der Waals surface area contributed by atoms with Crippen molar-refractivity contribution in [1.29, 1.82) is 0 Å². The molecule has 0 aromatic heterocycles. The summed E-state index contributed by atoms with van der Waals surface area (Å²) in [4.78, 5) is 0.150. The van der Waals surface area contributed by atoms with Gasteiger partial charge in [0.15, 0.2) is 0 Å². The monoisotopic (exact) mass is 337 g/mol. The van der Waals surface area contributed by atoms with Crippen molar-refractivity contribution in [1.82, 2.24) is 4.31 Å². The lowest BCUT2D eigenvalue weighted by molar-refractivity contribution is 0.192. The van der Waals surface area contributed by atoms with Crippen molar-refractivity contribution < 1.29 is 13.5 Å². The van der Waals surface area contributed by atoms with Crippen molar-refractivity contribution in [2.45, 2.75) is 36.6 Å². The molecule has 1 saturated heterocycles. The minimum Gasteiger partial charge on any atom is -0.396 e. The van der Waals surface area contributed by atoms with Gasteiger partial charge in [-0.1, -0.05) is 29.6 Å². The van der Waals surface area contributed by atoms with Crippen LogP contribution in [0.25, 0.3) is 0 Å². The molecule has 1 aliphatic rings. The zero-order valence-corrected chi connectivity index (χ0v) is 13.3. The third-order valence-electron chi connectivity index (χ3n) is 3.53. The van der Waals surface area contributed by atoms with E-state index in [-0.39, 0.29) is 22.6 Å². The number of aliphatic hydroxyl groups is 1. The first-order valence-electron chi connectivity index (χ1n) is 6.54. The zero-order chi connectivity index (χ0) is 14.8. The Labute approximate surface area is 129 Å². The molecule has 1 aromatic rings. The molecule has 1 fully saturated rings. The molecule has 0 saturated carbocycles. The SMILES string of the molecule is O=S(=O)(c1ccc(Cl)c(Cl)c1)N1CCCCC1CCO. The van der Waals surface area contributed by atoms with E-state index in [0.29, 0.717) is 18.0 Å². The van der Waals surface area contributed by atoms with E-state index in [1.54, 1.807) is 0 Å². The van der Waals surface area contributed by atoms with Crippen LogP contribution in [0.1, 0.15) is 25.7 Å². The third kappa shape index (κ3) is 3.28. The van der Waals surface area contributed by atoms with Crippen molar-refractivity contribution in [3.63, 3.8) is 0 Å². The molecule has 1 N–H and O–H groups in total. The van der Waals surface area contributed by atoms with E-state index in [1.165, 1.54) is 22.5 Å². The summed E-state index contributed by atoms with van der Waals surface area (Å²) < 4.78 is 26.8. The molecule has 7 heteroatoms. The Morgan fingerprint density at radius 3 is 2.65 bits per heavy atom. The average molecular weight is 338 g/mol. The highest BCUT2D eigenvalue weighted by Gasteiger charge is 2.33. The molecular weight excluding hydrogens is 321 g/mol. The lowest BCUT2D eigenvalue weighted by atomic mass is 10.0. The Kier molecular flexibility index (Phi) is 5.31. The van der Waals surface area contributed by atoms with Crippen molar-refractivity contribution >= 4 is 33.2 Å². The predicted molar refractivity (Wildman–Crippen MR) is 79.7 cm³/mol. The third-order valence-corrected chi connectivity index (χ3v) is 6.22. The minimum absolute atomic E-state index is 0.0158. The van der Waals surface area contributed by atoms with Gasteiger partial charge in [-0.3, -0.25) is 0 Å². The minimum atomic E-state index is -3.59. The number of hydrogen-bond acceptors (Lipinski definition) is 3. The van der Waals surface area contributed by atoms with E-state index in [4.69, 9.17) is 28.3 Å². The predicted octanol–water partition coefficient (Wildman–Crippen LogP) is 2.92. The van der Waals surface area contributed by atoms with Crippen molar-refractivity contribution in [3.8, 4) is 0 Å². The van der Waals surface area contributed by atoms with Gasteiger partial charge in [-0.05, 0) is 37.5 Å². The van der Waals surface area contributed by atoms with Crippen molar-refractivity contribution in [3.05, 3.63) is 28.2 Å². The molecule has 1 aliphatic heterocycles. The van der Waals surface area contributed by atoms with E-state index in [2.05, 4.69) is 0 Å². The highest BCUT2D eigenvalue weighted by Crippen LogP contribution is 2.30. The molecule has 0 amide bonds. The maximum atomic E-state index is 12.7. The van der Waals surface area contributed by atoms with Gasteiger partial charge in [0.2, 0.25) is 10.0 Å². The van der Waals surface area contributed by atoms with E-state index in [1.807, 2.05) is 0 Å². The summed E-state index contributed by atoms with van der Waals surface area (Å²) in [6.45, 7) is 0.464. The molecule has 0 spiro atoms. The quantitative estimate of drug-likeness (QED) is 0.918. The van der Waals surface area contributed by atoms with Crippen LogP contribution >= 0.6 is 23.2 Å². The van der Waals surface area contributed by atoms with E-state index in [0.717, 1.165) is 19.3 Å². The molecule has 112 valence electrons. The fourth-order valence-corrected chi connectivity index (χ4v) is 4.61. The molecule has 1 heterocycles. The maximum absolute atomic E-state index is 12.7. The summed E-state index contributed by atoms with van der Waals surface area (Å²) in [7, 11) is -3.59. The van der Waals surface area contributed by atoms with Gasteiger partial charge in [-0.2, -0.15) is 4.31 Å². The normalized spacial score (nSPS) is 21.1. The molecule has 20 heavy (non-hydrogen) atoms. The van der Waals surface area contributed by atoms with Gasteiger partial charge in [-0.15, -0.1) is 0 Å². The highest BCUT2D eigenvalue weighted by molar-refractivity contribution is 7.89. The van der Waals surface area contributed by atoms with Crippen LogP contribution in [0.4, 0.5) is 0 Å². The molecular formula is C13H17Cl2NO3S. The number of sulfonamides is 1. The van der Waals surface area contributed by atoms with Gasteiger partial charge in [0.1, 0.15) is 0 Å². The molecule has 4 nitrogen and oxygen atoms in total. The first-order chi connectivity index (χ1) is 9.46. The Balaban J connectivity index is 2.34. The van der Waals surface area contributed by atoms with Crippen LogP contribution in [-0.2, 0) is 10.0 Å². The number of aliphatic hydroxyl groups excluding tert-OH is 1. The van der Waals surface area contributed by atoms with E-state index >= 15 is 0 Å². The molecule has 2 rings (SSSR count). The van der Waals surface area contributed by atoms with Crippen LogP contribution in [0, 0.1) is 0 Å². The van der Waals surface area contributed by atoms with Crippen molar-refractivity contribution in [2.75, 3.05) is 13.2 Å². The zero-order valence-electron chi connectivity index (χ0n) is 10.9. The topological polar surface area (TPSA) is 57.6 Å². The van der Waals surface area contributed by atoms with Crippen LogP contribution in [-0.4, -0.2) is 37.0 Å². The number of halogens is 2. The van der Waals surface area contributed by atoms with Gasteiger partial charge in [0.25, 0.3) is 0 Å². The van der Waals surface area contributed by atoms with Gasteiger partial charge < -0.3 is 5.11 Å². The Morgan fingerprint density at radius 2 is 2.00 bits per heavy atom. The van der Waals surface area contributed by atoms with Crippen LogP contribution in [0.3, 0.4) is 0 Å². The summed E-state index contributed by atoms with van der Waals surface area (Å²) in [5.74, 6) is 0. The molecule has 1 atom stereocenters.